The lowest BCUT2D eigenvalue weighted by atomic mass is 9.97. The summed E-state index contributed by atoms with van der Waals surface area (Å²) in [6, 6.07) is 17.1. The molecule has 3 nitrogen and oxygen atoms in total. The van der Waals surface area contributed by atoms with Crippen molar-refractivity contribution < 1.29 is 14.6 Å². The second-order valence-electron chi connectivity index (χ2n) is 5.35. The van der Waals surface area contributed by atoms with Crippen molar-refractivity contribution in [2.45, 2.75) is 26.2 Å². The Morgan fingerprint density at radius 2 is 1.78 bits per heavy atom. The molecule has 0 spiro atoms. The van der Waals surface area contributed by atoms with Gasteiger partial charge in [0.1, 0.15) is 5.75 Å². The van der Waals surface area contributed by atoms with E-state index in [-0.39, 0.29) is 0 Å². The summed E-state index contributed by atoms with van der Waals surface area (Å²) in [7, 11) is 0. The van der Waals surface area contributed by atoms with Crippen molar-refractivity contribution in [2.75, 3.05) is 6.61 Å². The minimum absolute atomic E-state index is 0.678. The Morgan fingerprint density at radius 3 is 2.48 bits per heavy atom. The Balaban J connectivity index is 2.24. The molecule has 0 saturated heterocycles. The number of unbranched alkanes of at least 4 members (excludes halogenated alkanes) is 2. The second-order valence-corrected chi connectivity index (χ2v) is 5.35. The molecule has 2 aromatic rings. The van der Waals surface area contributed by atoms with Gasteiger partial charge in [-0.15, -0.1) is 0 Å². The molecule has 0 saturated carbocycles. The Morgan fingerprint density at radius 1 is 1.04 bits per heavy atom. The van der Waals surface area contributed by atoms with Crippen molar-refractivity contribution in [1.29, 1.82) is 0 Å². The van der Waals surface area contributed by atoms with Crippen molar-refractivity contribution in [3.8, 4) is 5.75 Å². The van der Waals surface area contributed by atoms with Gasteiger partial charge in [0.2, 0.25) is 0 Å². The highest BCUT2D eigenvalue weighted by Crippen LogP contribution is 2.26. The topological polar surface area (TPSA) is 46.5 Å². The Hall–Kier alpha value is -2.55. The quantitative estimate of drug-likeness (QED) is 0.564. The fourth-order valence-electron chi connectivity index (χ4n) is 2.37. The number of carboxylic acid groups (broad SMARTS) is 1. The van der Waals surface area contributed by atoms with Gasteiger partial charge in [0.15, 0.2) is 0 Å². The third-order valence-electron chi connectivity index (χ3n) is 3.51. The second kappa shape index (κ2) is 8.79. The number of benzene rings is 2. The molecular formula is C20H22O3. The van der Waals surface area contributed by atoms with Gasteiger partial charge in [-0.2, -0.15) is 0 Å². The molecule has 0 aliphatic heterocycles. The minimum atomic E-state index is -0.960. The molecule has 3 heteroatoms. The molecule has 0 aliphatic rings. The number of carbonyl (C=O) groups is 1. The summed E-state index contributed by atoms with van der Waals surface area (Å²) in [5.41, 5.74) is 2.39. The maximum absolute atomic E-state index is 11.2. The highest BCUT2D eigenvalue weighted by Gasteiger charge is 2.08. The van der Waals surface area contributed by atoms with Crippen LogP contribution in [0.3, 0.4) is 0 Å². The van der Waals surface area contributed by atoms with Gasteiger partial charge < -0.3 is 9.84 Å². The fourth-order valence-corrected chi connectivity index (χ4v) is 2.37. The first-order valence-electron chi connectivity index (χ1n) is 7.94. The zero-order chi connectivity index (χ0) is 16.5. The van der Waals surface area contributed by atoms with E-state index in [4.69, 9.17) is 9.84 Å². The number of hydrogen-bond donors (Lipinski definition) is 1. The summed E-state index contributed by atoms with van der Waals surface area (Å²) in [4.78, 5) is 11.2. The molecule has 0 amide bonds. The molecule has 2 rings (SSSR count). The normalized spacial score (nSPS) is 11.3. The van der Waals surface area contributed by atoms with Crippen molar-refractivity contribution in [3.63, 3.8) is 0 Å². The molecule has 1 N–H and O–H groups in total. The number of hydrogen-bond acceptors (Lipinski definition) is 2. The van der Waals surface area contributed by atoms with Crippen LogP contribution in [-0.2, 0) is 4.79 Å². The summed E-state index contributed by atoms with van der Waals surface area (Å²) < 4.78 is 5.77. The number of rotatable bonds is 8. The van der Waals surface area contributed by atoms with E-state index in [0.717, 1.165) is 36.1 Å². The van der Waals surface area contributed by atoms with Crippen LogP contribution in [0.25, 0.3) is 5.57 Å². The summed E-state index contributed by atoms with van der Waals surface area (Å²) >= 11 is 0. The van der Waals surface area contributed by atoms with Crippen LogP contribution in [0.5, 0.6) is 5.75 Å². The van der Waals surface area contributed by atoms with E-state index in [0.29, 0.717) is 12.2 Å². The lowest BCUT2D eigenvalue weighted by Crippen LogP contribution is -1.99. The van der Waals surface area contributed by atoms with E-state index in [9.17, 15) is 4.79 Å². The molecule has 23 heavy (non-hydrogen) atoms. The van der Waals surface area contributed by atoms with E-state index in [2.05, 4.69) is 6.92 Å². The van der Waals surface area contributed by atoms with Gasteiger partial charge in [-0.3, -0.25) is 0 Å². The predicted octanol–water partition coefficient (Wildman–Crippen LogP) is 4.77. The van der Waals surface area contributed by atoms with Crippen molar-refractivity contribution >= 4 is 11.5 Å². The van der Waals surface area contributed by atoms with Gasteiger partial charge in [0.05, 0.1) is 6.61 Å². The Bertz CT molecular complexity index is 660. The molecule has 0 heterocycles. The van der Waals surface area contributed by atoms with Gasteiger partial charge in [-0.1, -0.05) is 62.2 Å². The van der Waals surface area contributed by atoms with Gasteiger partial charge in [0, 0.05) is 6.08 Å². The van der Waals surface area contributed by atoms with Crippen LogP contribution in [0.4, 0.5) is 0 Å². The van der Waals surface area contributed by atoms with Crippen LogP contribution >= 0.6 is 0 Å². The van der Waals surface area contributed by atoms with Crippen molar-refractivity contribution in [1.82, 2.24) is 0 Å². The van der Waals surface area contributed by atoms with Gasteiger partial charge in [-0.05, 0) is 35.3 Å². The standard InChI is InChI=1S/C20H22O3/c1-2-3-7-13-23-18-12-8-11-17(14-18)19(15-20(21)22)16-9-5-4-6-10-16/h4-6,8-12,14-15H,2-3,7,13H2,1H3,(H,21,22)/b19-15-. The summed E-state index contributed by atoms with van der Waals surface area (Å²) in [6.07, 6.45) is 4.57. The van der Waals surface area contributed by atoms with Crippen LogP contribution in [0, 0.1) is 0 Å². The molecule has 0 radical (unpaired) electrons. The van der Waals surface area contributed by atoms with Gasteiger partial charge in [0.25, 0.3) is 0 Å². The average Bonchev–Trinajstić information content (AvgIpc) is 2.57. The molecule has 0 unspecified atom stereocenters. The SMILES string of the molecule is CCCCCOc1cccc(/C(=C\C(=O)O)c2ccccc2)c1. The zero-order valence-corrected chi connectivity index (χ0v) is 13.4. The van der Waals surface area contributed by atoms with Gasteiger partial charge >= 0.3 is 5.97 Å². The van der Waals surface area contributed by atoms with Crippen LogP contribution in [0.2, 0.25) is 0 Å². The third kappa shape index (κ3) is 5.29. The molecule has 0 aliphatic carbocycles. The number of carboxylic acids is 1. The molecule has 0 fully saturated rings. The minimum Gasteiger partial charge on any atom is -0.494 e. The van der Waals surface area contributed by atoms with Crippen LogP contribution in [0.15, 0.2) is 60.7 Å². The summed E-state index contributed by atoms with van der Waals surface area (Å²) in [5.74, 6) is -0.191. The number of ether oxygens (including phenoxy) is 1. The largest absolute Gasteiger partial charge is 0.494 e. The number of aliphatic carboxylic acids is 1. The maximum Gasteiger partial charge on any atom is 0.328 e. The van der Waals surface area contributed by atoms with Crippen LogP contribution in [-0.4, -0.2) is 17.7 Å². The summed E-state index contributed by atoms with van der Waals surface area (Å²) in [5, 5.41) is 9.17. The van der Waals surface area contributed by atoms with Crippen LogP contribution in [0.1, 0.15) is 37.3 Å². The van der Waals surface area contributed by atoms with E-state index in [1.54, 1.807) is 0 Å². The van der Waals surface area contributed by atoms with Gasteiger partial charge in [-0.25, -0.2) is 4.79 Å². The highest BCUT2D eigenvalue weighted by molar-refractivity contribution is 5.95. The monoisotopic (exact) mass is 310 g/mol. The first-order chi connectivity index (χ1) is 11.2. The highest BCUT2D eigenvalue weighted by atomic mass is 16.5. The van der Waals surface area contributed by atoms with Crippen molar-refractivity contribution in [2.24, 2.45) is 0 Å². The molecule has 0 atom stereocenters. The van der Waals surface area contributed by atoms with E-state index in [1.165, 1.54) is 6.08 Å². The fraction of sp³-hybridized carbons (Fsp3) is 0.250. The zero-order valence-electron chi connectivity index (χ0n) is 13.4. The van der Waals surface area contributed by atoms with Crippen molar-refractivity contribution in [3.05, 3.63) is 71.8 Å². The summed E-state index contributed by atoms with van der Waals surface area (Å²) in [6.45, 7) is 2.84. The Labute approximate surface area is 137 Å². The molecule has 2 aromatic carbocycles. The Kier molecular flexibility index (Phi) is 6.42. The molecular weight excluding hydrogens is 288 g/mol. The third-order valence-corrected chi connectivity index (χ3v) is 3.51. The lowest BCUT2D eigenvalue weighted by molar-refractivity contribution is -0.131. The first kappa shape index (κ1) is 16.8. The lowest BCUT2D eigenvalue weighted by Gasteiger charge is -2.11. The van der Waals surface area contributed by atoms with E-state index < -0.39 is 5.97 Å². The first-order valence-corrected chi connectivity index (χ1v) is 7.94. The molecule has 120 valence electrons. The maximum atomic E-state index is 11.2. The predicted molar refractivity (Wildman–Crippen MR) is 92.6 cm³/mol. The van der Waals surface area contributed by atoms with E-state index in [1.807, 2.05) is 54.6 Å². The molecule has 0 aromatic heterocycles. The van der Waals surface area contributed by atoms with E-state index >= 15 is 0 Å². The average molecular weight is 310 g/mol. The van der Waals surface area contributed by atoms with Crippen LogP contribution < -0.4 is 4.74 Å². The molecule has 0 bridgehead atoms. The smallest absolute Gasteiger partial charge is 0.328 e.